The summed E-state index contributed by atoms with van der Waals surface area (Å²) in [5.74, 6) is -1.98. The Bertz CT molecular complexity index is 439. The predicted octanol–water partition coefficient (Wildman–Crippen LogP) is 2.82. The van der Waals surface area contributed by atoms with Crippen molar-refractivity contribution in [2.24, 2.45) is 11.3 Å². The molecule has 19 heavy (non-hydrogen) atoms. The Morgan fingerprint density at radius 3 is 2.16 bits per heavy atom. The summed E-state index contributed by atoms with van der Waals surface area (Å²) in [5.41, 5.74) is -0.381. The van der Waals surface area contributed by atoms with Crippen LogP contribution in [0.5, 0.6) is 0 Å². The van der Waals surface area contributed by atoms with Gasteiger partial charge in [0.05, 0.1) is 11.8 Å². The summed E-state index contributed by atoms with van der Waals surface area (Å²) < 4.78 is 0. The molecule has 1 unspecified atom stereocenters. The van der Waals surface area contributed by atoms with Crippen LogP contribution >= 0.6 is 0 Å². The van der Waals surface area contributed by atoms with Gasteiger partial charge >= 0.3 is 11.9 Å². The van der Waals surface area contributed by atoms with Crippen molar-refractivity contribution in [2.75, 3.05) is 0 Å². The molecule has 1 aromatic rings. The van der Waals surface area contributed by atoms with Crippen molar-refractivity contribution in [3.05, 3.63) is 35.9 Å². The van der Waals surface area contributed by atoms with Gasteiger partial charge in [-0.05, 0) is 24.3 Å². The van der Waals surface area contributed by atoms with Gasteiger partial charge in [0.15, 0.2) is 0 Å². The minimum absolute atomic E-state index is 0.124. The number of aliphatic carboxylic acids is 2. The Hall–Kier alpha value is -1.84. The number of rotatable bonds is 7. The van der Waals surface area contributed by atoms with Crippen molar-refractivity contribution in [3.63, 3.8) is 0 Å². The topological polar surface area (TPSA) is 74.6 Å². The van der Waals surface area contributed by atoms with Gasteiger partial charge < -0.3 is 10.2 Å². The van der Waals surface area contributed by atoms with E-state index in [4.69, 9.17) is 5.11 Å². The monoisotopic (exact) mass is 264 g/mol. The molecule has 0 heterocycles. The average molecular weight is 264 g/mol. The zero-order valence-corrected chi connectivity index (χ0v) is 11.3. The van der Waals surface area contributed by atoms with E-state index in [2.05, 4.69) is 0 Å². The van der Waals surface area contributed by atoms with Gasteiger partial charge in [-0.25, -0.2) is 0 Å². The molecule has 1 atom stereocenters. The van der Waals surface area contributed by atoms with Crippen LogP contribution in [0.15, 0.2) is 30.3 Å². The molecule has 0 amide bonds. The first kappa shape index (κ1) is 15.2. The van der Waals surface area contributed by atoms with Gasteiger partial charge in [-0.1, -0.05) is 44.2 Å². The molecule has 0 saturated heterocycles. The molecule has 1 aromatic carbocycles. The van der Waals surface area contributed by atoms with E-state index < -0.39 is 17.4 Å². The highest BCUT2D eigenvalue weighted by atomic mass is 16.4. The summed E-state index contributed by atoms with van der Waals surface area (Å²) in [7, 11) is 0. The highest BCUT2D eigenvalue weighted by molar-refractivity contribution is 5.81. The molecule has 0 aliphatic heterocycles. The molecule has 104 valence electrons. The van der Waals surface area contributed by atoms with E-state index >= 15 is 0 Å². The third-order valence-corrected chi connectivity index (χ3v) is 3.13. The third-order valence-electron chi connectivity index (χ3n) is 3.13. The van der Waals surface area contributed by atoms with Crippen molar-refractivity contribution in [3.8, 4) is 0 Å². The van der Waals surface area contributed by atoms with Crippen LogP contribution in [0, 0.1) is 11.3 Å². The van der Waals surface area contributed by atoms with E-state index in [-0.39, 0.29) is 18.8 Å². The van der Waals surface area contributed by atoms with E-state index in [1.165, 1.54) is 0 Å². The van der Waals surface area contributed by atoms with Crippen LogP contribution in [0.3, 0.4) is 0 Å². The number of hydrogen-bond donors (Lipinski definition) is 2. The average Bonchev–Trinajstić information content (AvgIpc) is 2.27. The second kappa shape index (κ2) is 6.36. The molecule has 4 nitrogen and oxygen atoms in total. The lowest BCUT2D eigenvalue weighted by molar-refractivity contribution is -0.156. The molecule has 2 N–H and O–H groups in total. The lowest BCUT2D eigenvalue weighted by atomic mass is 9.73. The van der Waals surface area contributed by atoms with Crippen molar-refractivity contribution in [1.82, 2.24) is 0 Å². The van der Waals surface area contributed by atoms with Crippen LogP contribution in [0.2, 0.25) is 0 Å². The normalized spacial score (nSPS) is 14.1. The highest BCUT2D eigenvalue weighted by Gasteiger charge is 2.41. The first-order chi connectivity index (χ1) is 8.85. The van der Waals surface area contributed by atoms with E-state index in [1.807, 2.05) is 44.2 Å². The van der Waals surface area contributed by atoms with Gasteiger partial charge in [0.1, 0.15) is 0 Å². The van der Waals surface area contributed by atoms with Gasteiger partial charge in [-0.15, -0.1) is 0 Å². The lowest BCUT2D eigenvalue weighted by Gasteiger charge is -2.29. The van der Waals surface area contributed by atoms with Crippen molar-refractivity contribution in [2.45, 2.75) is 33.1 Å². The van der Waals surface area contributed by atoms with Gasteiger partial charge in [-0.3, -0.25) is 9.59 Å². The van der Waals surface area contributed by atoms with Crippen LogP contribution in [-0.2, 0) is 16.0 Å². The maximum atomic E-state index is 11.6. The lowest BCUT2D eigenvalue weighted by Crippen LogP contribution is -2.37. The molecule has 0 fully saturated rings. The molecular formula is C15H20O4. The molecule has 0 radical (unpaired) electrons. The molecule has 4 heteroatoms. The third kappa shape index (κ3) is 4.39. The zero-order valence-electron chi connectivity index (χ0n) is 11.3. The van der Waals surface area contributed by atoms with Crippen LogP contribution < -0.4 is 0 Å². The number of carbonyl (C=O) groups is 2. The maximum Gasteiger partial charge on any atom is 0.310 e. The van der Waals surface area contributed by atoms with Crippen molar-refractivity contribution >= 4 is 11.9 Å². The van der Waals surface area contributed by atoms with E-state index in [0.717, 1.165) is 5.56 Å². The molecule has 0 saturated carbocycles. The Morgan fingerprint density at radius 2 is 1.74 bits per heavy atom. The summed E-state index contributed by atoms with van der Waals surface area (Å²) >= 11 is 0. The van der Waals surface area contributed by atoms with Gasteiger partial charge in [-0.2, -0.15) is 0 Å². The fourth-order valence-corrected chi connectivity index (χ4v) is 2.50. The first-order valence-corrected chi connectivity index (χ1v) is 6.35. The maximum absolute atomic E-state index is 11.6. The molecule has 0 aliphatic rings. The van der Waals surface area contributed by atoms with E-state index in [9.17, 15) is 14.7 Å². The quantitative estimate of drug-likeness (QED) is 0.794. The molecule has 0 bridgehead atoms. The van der Waals surface area contributed by atoms with Crippen LogP contribution in [0.1, 0.15) is 32.3 Å². The molecule has 1 rings (SSSR count). The first-order valence-electron chi connectivity index (χ1n) is 6.35. The summed E-state index contributed by atoms with van der Waals surface area (Å²) in [6, 6.07) is 9.18. The number of carboxylic acid groups (broad SMARTS) is 2. The largest absolute Gasteiger partial charge is 0.481 e. The van der Waals surface area contributed by atoms with Crippen LogP contribution in [0.25, 0.3) is 0 Å². The molecule has 0 aliphatic carbocycles. The minimum atomic E-state index is -1.23. The fraction of sp³-hybridized carbons (Fsp3) is 0.467. The van der Waals surface area contributed by atoms with Crippen LogP contribution in [0.4, 0.5) is 0 Å². The second-order valence-corrected chi connectivity index (χ2v) is 5.42. The Labute approximate surface area is 113 Å². The van der Waals surface area contributed by atoms with Gasteiger partial charge in [0, 0.05) is 0 Å². The Morgan fingerprint density at radius 1 is 1.16 bits per heavy atom. The molecule has 0 spiro atoms. The van der Waals surface area contributed by atoms with Gasteiger partial charge in [0.2, 0.25) is 0 Å². The van der Waals surface area contributed by atoms with Crippen molar-refractivity contribution < 1.29 is 19.8 Å². The van der Waals surface area contributed by atoms with E-state index in [0.29, 0.717) is 6.42 Å². The smallest absolute Gasteiger partial charge is 0.310 e. The summed E-state index contributed by atoms with van der Waals surface area (Å²) in [5, 5.41) is 18.5. The highest BCUT2D eigenvalue weighted by Crippen LogP contribution is 2.35. The fourth-order valence-electron chi connectivity index (χ4n) is 2.50. The second-order valence-electron chi connectivity index (χ2n) is 5.42. The Balaban J connectivity index is 3.07. The number of hydrogen-bond acceptors (Lipinski definition) is 2. The van der Waals surface area contributed by atoms with Gasteiger partial charge in [0.25, 0.3) is 0 Å². The standard InChI is InChI=1S/C15H20O4/c1-11(2)8-15(14(18)19,10-13(16)17)9-12-6-4-3-5-7-12/h3-7,11H,8-10H2,1-2H3,(H,16,17)(H,18,19). The predicted molar refractivity (Wildman–Crippen MR) is 71.9 cm³/mol. The van der Waals surface area contributed by atoms with Crippen molar-refractivity contribution in [1.29, 1.82) is 0 Å². The molecule has 0 aromatic heterocycles. The van der Waals surface area contributed by atoms with Crippen LogP contribution in [-0.4, -0.2) is 22.2 Å². The Kier molecular flexibility index (Phi) is 5.10. The summed E-state index contributed by atoms with van der Waals surface area (Å²) in [6.45, 7) is 3.81. The van der Waals surface area contributed by atoms with E-state index in [1.54, 1.807) is 0 Å². The summed E-state index contributed by atoms with van der Waals surface area (Å²) in [6.07, 6.45) is 0.243. The SMILES string of the molecule is CC(C)CC(CC(=O)O)(Cc1ccccc1)C(=O)O. The molecular weight excluding hydrogens is 244 g/mol. The number of carboxylic acids is 2. The summed E-state index contributed by atoms with van der Waals surface area (Å²) in [4.78, 5) is 22.7. The zero-order chi connectivity index (χ0) is 14.5. The number of benzene rings is 1. The minimum Gasteiger partial charge on any atom is -0.481 e.